The van der Waals surface area contributed by atoms with Gasteiger partial charge in [-0.25, -0.2) is 4.79 Å². The molecule has 0 spiro atoms. The lowest BCUT2D eigenvalue weighted by Gasteiger charge is -2.32. The van der Waals surface area contributed by atoms with Crippen LogP contribution < -0.4 is 0 Å². The fraction of sp³-hybridized carbons (Fsp3) is 0.611. The Balaban J connectivity index is 0.000000677. The first-order chi connectivity index (χ1) is 10.1. The Morgan fingerprint density at radius 3 is 2.38 bits per heavy atom. The average molecular weight is 291 g/mol. The highest BCUT2D eigenvalue weighted by molar-refractivity contribution is 5.87. The first-order valence-electron chi connectivity index (χ1n) is 8.15. The van der Waals surface area contributed by atoms with Crippen LogP contribution in [0.1, 0.15) is 62.4 Å². The van der Waals surface area contributed by atoms with Gasteiger partial charge in [0.05, 0.1) is 5.56 Å². The van der Waals surface area contributed by atoms with E-state index in [1.54, 1.807) is 12.1 Å². The van der Waals surface area contributed by atoms with E-state index < -0.39 is 5.97 Å². The number of carboxylic acids is 1. The minimum Gasteiger partial charge on any atom is -0.478 e. The van der Waals surface area contributed by atoms with Gasteiger partial charge in [-0.05, 0) is 43.0 Å². The van der Waals surface area contributed by atoms with Gasteiger partial charge in [-0.1, -0.05) is 45.7 Å². The summed E-state index contributed by atoms with van der Waals surface area (Å²) < 4.78 is 0. The minimum absolute atomic E-state index is 0.365. The molecule has 1 unspecified atom stereocenters. The van der Waals surface area contributed by atoms with Gasteiger partial charge in [0.1, 0.15) is 0 Å². The number of benzene rings is 1. The predicted octanol–water partition coefficient (Wildman–Crippen LogP) is 4.42. The molecule has 3 heteroatoms. The van der Waals surface area contributed by atoms with Crippen LogP contribution in [-0.2, 0) is 6.54 Å². The van der Waals surface area contributed by atoms with Crippen LogP contribution in [0, 0.1) is 5.92 Å². The molecule has 1 N–H and O–H groups in total. The zero-order chi connectivity index (χ0) is 15.7. The molecule has 118 valence electrons. The second-order valence-electron chi connectivity index (χ2n) is 5.86. The summed E-state index contributed by atoms with van der Waals surface area (Å²) in [5.41, 5.74) is 1.57. The van der Waals surface area contributed by atoms with E-state index in [0.717, 1.165) is 19.0 Å². The van der Waals surface area contributed by atoms with E-state index in [2.05, 4.69) is 25.7 Å². The van der Waals surface area contributed by atoms with Gasteiger partial charge in [-0.15, -0.1) is 0 Å². The van der Waals surface area contributed by atoms with Gasteiger partial charge in [0, 0.05) is 13.1 Å². The summed E-state index contributed by atoms with van der Waals surface area (Å²) >= 11 is 0. The maximum atomic E-state index is 10.8. The molecule has 0 aliphatic carbocycles. The number of nitrogens with zero attached hydrogens (tertiary/aromatic N) is 1. The Morgan fingerprint density at radius 1 is 1.24 bits per heavy atom. The molecule has 0 bridgehead atoms. The summed E-state index contributed by atoms with van der Waals surface area (Å²) in [5, 5.41) is 8.85. The van der Waals surface area contributed by atoms with Gasteiger partial charge in [0.2, 0.25) is 0 Å². The molecule has 2 rings (SSSR count). The summed E-state index contributed by atoms with van der Waals surface area (Å²) in [6.45, 7) is 9.79. The van der Waals surface area contributed by atoms with E-state index in [1.165, 1.54) is 37.8 Å². The molecule has 1 aromatic rings. The molecule has 1 atom stereocenters. The molecule has 1 aliphatic rings. The third kappa shape index (κ3) is 6.30. The molecule has 1 saturated heterocycles. The quantitative estimate of drug-likeness (QED) is 0.892. The smallest absolute Gasteiger partial charge is 0.335 e. The molecule has 21 heavy (non-hydrogen) atoms. The maximum Gasteiger partial charge on any atom is 0.335 e. The molecule has 1 aromatic carbocycles. The number of piperidine rings is 1. The lowest BCUT2D eigenvalue weighted by atomic mass is 9.95. The van der Waals surface area contributed by atoms with Crippen molar-refractivity contribution in [2.75, 3.05) is 13.1 Å². The van der Waals surface area contributed by atoms with Crippen molar-refractivity contribution in [1.82, 2.24) is 4.90 Å². The number of likely N-dealkylation sites (tertiary alicyclic amines) is 1. The van der Waals surface area contributed by atoms with Crippen LogP contribution in [0.25, 0.3) is 0 Å². The van der Waals surface area contributed by atoms with Gasteiger partial charge in [0.15, 0.2) is 0 Å². The van der Waals surface area contributed by atoms with Crippen LogP contribution in [0.4, 0.5) is 0 Å². The van der Waals surface area contributed by atoms with Crippen molar-refractivity contribution in [3.05, 3.63) is 35.4 Å². The lowest BCUT2D eigenvalue weighted by molar-refractivity contribution is 0.0697. The van der Waals surface area contributed by atoms with Crippen molar-refractivity contribution in [2.24, 2.45) is 5.92 Å². The summed E-state index contributed by atoms with van der Waals surface area (Å²) in [7, 11) is 0. The van der Waals surface area contributed by atoms with Crippen LogP contribution >= 0.6 is 0 Å². The van der Waals surface area contributed by atoms with E-state index >= 15 is 0 Å². The maximum absolute atomic E-state index is 10.8. The monoisotopic (exact) mass is 291 g/mol. The van der Waals surface area contributed by atoms with Crippen molar-refractivity contribution >= 4 is 5.97 Å². The number of rotatable bonds is 4. The minimum atomic E-state index is -0.856. The highest BCUT2D eigenvalue weighted by Gasteiger charge is 2.18. The largest absolute Gasteiger partial charge is 0.478 e. The number of hydrogen-bond acceptors (Lipinski definition) is 2. The molecule has 1 fully saturated rings. The summed E-state index contributed by atoms with van der Waals surface area (Å²) in [5.74, 6) is -0.0254. The summed E-state index contributed by atoms with van der Waals surface area (Å²) in [6, 6.07) is 7.25. The molecule has 1 heterocycles. The number of carbonyl (C=O) groups is 1. The molecule has 0 aromatic heterocycles. The summed E-state index contributed by atoms with van der Waals surface area (Å²) in [6.07, 6.45) is 5.14. The Morgan fingerprint density at radius 2 is 1.86 bits per heavy atom. The third-order valence-electron chi connectivity index (χ3n) is 3.79. The lowest BCUT2D eigenvalue weighted by Crippen LogP contribution is -2.34. The van der Waals surface area contributed by atoms with E-state index in [0.29, 0.717) is 5.56 Å². The normalized spacial score (nSPS) is 18.7. The molecule has 0 radical (unpaired) electrons. The van der Waals surface area contributed by atoms with Crippen molar-refractivity contribution in [1.29, 1.82) is 0 Å². The van der Waals surface area contributed by atoms with Crippen LogP contribution in [0.15, 0.2) is 24.3 Å². The fourth-order valence-electron chi connectivity index (χ4n) is 2.64. The zero-order valence-corrected chi connectivity index (χ0v) is 13.6. The van der Waals surface area contributed by atoms with Crippen LogP contribution in [0.5, 0.6) is 0 Å². The molecule has 3 nitrogen and oxygen atoms in total. The van der Waals surface area contributed by atoms with Crippen molar-refractivity contribution < 1.29 is 9.90 Å². The number of hydrogen-bond donors (Lipinski definition) is 1. The molecular formula is C18H29NO2. The Kier molecular flexibility index (Phi) is 8.06. The molecule has 0 amide bonds. The van der Waals surface area contributed by atoms with Gasteiger partial charge in [0.25, 0.3) is 0 Å². The SMILES string of the molecule is CCC.CCC1CCCN(Cc2ccc(C(=O)O)cc2)C1. The van der Waals surface area contributed by atoms with Crippen LogP contribution in [0.2, 0.25) is 0 Å². The first kappa shape index (κ1) is 17.7. The predicted molar refractivity (Wildman–Crippen MR) is 87.7 cm³/mol. The number of carboxylic acid groups (broad SMARTS) is 1. The van der Waals surface area contributed by atoms with E-state index in [4.69, 9.17) is 5.11 Å². The van der Waals surface area contributed by atoms with E-state index in [1.807, 2.05) is 12.1 Å². The van der Waals surface area contributed by atoms with E-state index in [9.17, 15) is 4.79 Å². The Labute approximate surface area is 129 Å². The second-order valence-corrected chi connectivity index (χ2v) is 5.86. The second kappa shape index (κ2) is 9.56. The highest BCUT2D eigenvalue weighted by atomic mass is 16.4. The zero-order valence-electron chi connectivity index (χ0n) is 13.6. The van der Waals surface area contributed by atoms with Gasteiger partial charge in [-0.2, -0.15) is 0 Å². The van der Waals surface area contributed by atoms with Crippen molar-refractivity contribution in [3.8, 4) is 0 Å². The molecule has 0 saturated carbocycles. The Hall–Kier alpha value is -1.35. The van der Waals surface area contributed by atoms with Crippen molar-refractivity contribution in [2.45, 2.75) is 53.0 Å². The third-order valence-corrected chi connectivity index (χ3v) is 3.79. The first-order valence-corrected chi connectivity index (χ1v) is 8.15. The molecular weight excluding hydrogens is 262 g/mol. The van der Waals surface area contributed by atoms with Gasteiger partial charge >= 0.3 is 5.97 Å². The van der Waals surface area contributed by atoms with Gasteiger partial charge < -0.3 is 5.11 Å². The molecule has 1 aliphatic heterocycles. The average Bonchev–Trinajstić information content (AvgIpc) is 2.49. The number of aromatic carboxylic acids is 1. The summed E-state index contributed by atoms with van der Waals surface area (Å²) in [4.78, 5) is 13.3. The fourth-order valence-corrected chi connectivity index (χ4v) is 2.64. The van der Waals surface area contributed by atoms with Crippen LogP contribution in [0.3, 0.4) is 0 Å². The van der Waals surface area contributed by atoms with Crippen LogP contribution in [-0.4, -0.2) is 29.1 Å². The standard InChI is InChI=1S/C15H21NO2.C3H8/c1-2-12-4-3-9-16(10-12)11-13-5-7-14(8-6-13)15(17)18;1-3-2/h5-8,12H,2-4,9-11H2,1H3,(H,17,18);3H2,1-2H3. The Bertz CT molecular complexity index is 414. The van der Waals surface area contributed by atoms with Crippen molar-refractivity contribution in [3.63, 3.8) is 0 Å². The topological polar surface area (TPSA) is 40.5 Å². The van der Waals surface area contributed by atoms with E-state index in [-0.39, 0.29) is 0 Å². The highest BCUT2D eigenvalue weighted by Crippen LogP contribution is 2.20. The van der Waals surface area contributed by atoms with Gasteiger partial charge in [-0.3, -0.25) is 4.90 Å².